The fraction of sp³-hybridized carbons (Fsp3) is 0.700. The summed E-state index contributed by atoms with van der Waals surface area (Å²) in [5, 5.41) is 21.1. The van der Waals surface area contributed by atoms with Gasteiger partial charge in [0.25, 0.3) is 0 Å². The van der Waals surface area contributed by atoms with E-state index in [0.717, 1.165) is 58.4 Å². The molecule has 7 heteroatoms. The maximum absolute atomic E-state index is 12.4. The predicted molar refractivity (Wildman–Crippen MR) is 103 cm³/mol. The molecule has 0 saturated carbocycles. The highest BCUT2D eigenvalue weighted by Crippen LogP contribution is 2.24. The molecular formula is C20H32N4O3. The van der Waals surface area contributed by atoms with E-state index in [1.54, 1.807) is 0 Å². The molecule has 0 radical (unpaired) electrons. The van der Waals surface area contributed by atoms with E-state index < -0.39 is 6.04 Å². The van der Waals surface area contributed by atoms with Crippen molar-refractivity contribution in [1.29, 1.82) is 0 Å². The average molecular weight is 377 g/mol. The number of carbonyl (C=O) groups excluding carboxylic acids is 1. The number of likely N-dealkylation sites (tertiary alicyclic amines) is 2. The minimum absolute atomic E-state index is 0.0400. The largest absolute Gasteiger partial charge is 0.394 e. The van der Waals surface area contributed by atoms with Gasteiger partial charge in [0.1, 0.15) is 0 Å². The first-order valence-electron chi connectivity index (χ1n) is 10.1. The molecular weight excluding hydrogens is 344 g/mol. The van der Waals surface area contributed by atoms with Gasteiger partial charge >= 0.3 is 0 Å². The van der Waals surface area contributed by atoms with Gasteiger partial charge in [-0.05, 0) is 56.9 Å². The van der Waals surface area contributed by atoms with Crippen molar-refractivity contribution >= 4 is 5.91 Å². The first-order chi connectivity index (χ1) is 13.2. The van der Waals surface area contributed by atoms with Crippen molar-refractivity contribution in [3.63, 3.8) is 0 Å². The Balaban J connectivity index is 1.46. The summed E-state index contributed by atoms with van der Waals surface area (Å²) in [6.45, 7) is 4.48. The van der Waals surface area contributed by atoms with Crippen molar-refractivity contribution in [3.8, 4) is 0 Å². The summed E-state index contributed by atoms with van der Waals surface area (Å²) in [7, 11) is 0. The van der Waals surface area contributed by atoms with Crippen molar-refractivity contribution in [2.45, 2.75) is 44.3 Å². The van der Waals surface area contributed by atoms with E-state index in [9.17, 15) is 4.79 Å². The van der Waals surface area contributed by atoms with Crippen LogP contribution in [0.3, 0.4) is 0 Å². The molecule has 2 saturated heterocycles. The summed E-state index contributed by atoms with van der Waals surface area (Å²) in [6, 6.07) is 4.10. The number of aliphatic hydroxyl groups is 2. The Bertz CT molecular complexity index is 574. The third-order valence-corrected chi connectivity index (χ3v) is 5.81. The second-order valence-corrected chi connectivity index (χ2v) is 7.77. The summed E-state index contributed by atoms with van der Waals surface area (Å²) >= 11 is 0. The van der Waals surface area contributed by atoms with E-state index in [0.29, 0.717) is 6.04 Å². The Morgan fingerprint density at radius 1 is 1.22 bits per heavy atom. The second-order valence-electron chi connectivity index (χ2n) is 7.77. The molecule has 0 bridgehead atoms. The zero-order valence-corrected chi connectivity index (χ0v) is 16.0. The van der Waals surface area contributed by atoms with E-state index >= 15 is 0 Å². The highest BCUT2D eigenvalue weighted by atomic mass is 16.3. The molecule has 1 aromatic rings. The molecule has 1 unspecified atom stereocenters. The number of hydrogen-bond acceptors (Lipinski definition) is 6. The highest BCUT2D eigenvalue weighted by molar-refractivity contribution is 5.79. The number of rotatable bonds is 7. The number of aromatic nitrogens is 1. The summed E-state index contributed by atoms with van der Waals surface area (Å²) in [5.74, 6) is -0.0883. The van der Waals surface area contributed by atoms with Crippen LogP contribution < -0.4 is 5.32 Å². The minimum Gasteiger partial charge on any atom is -0.394 e. The van der Waals surface area contributed by atoms with Gasteiger partial charge in [0.05, 0.1) is 25.2 Å². The number of nitrogens with zero attached hydrogens (tertiary/aromatic N) is 3. The van der Waals surface area contributed by atoms with Crippen molar-refractivity contribution in [2.75, 3.05) is 39.4 Å². The van der Waals surface area contributed by atoms with Gasteiger partial charge in [-0.2, -0.15) is 0 Å². The van der Waals surface area contributed by atoms with Crippen molar-refractivity contribution in [3.05, 3.63) is 30.1 Å². The first-order valence-corrected chi connectivity index (χ1v) is 10.1. The zero-order valence-electron chi connectivity index (χ0n) is 16.0. The topological polar surface area (TPSA) is 88.9 Å². The van der Waals surface area contributed by atoms with Gasteiger partial charge in [-0.25, -0.2) is 0 Å². The van der Waals surface area contributed by atoms with Gasteiger partial charge in [0.2, 0.25) is 5.91 Å². The Hall–Kier alpha value is -1.54. The fourth-order valence-electron chi connectivity index (χ4n) is 4.21. The lowest BCUT2D eigenvalue weighted by atomic mass is 9.93. The zero-order chi connectivity index (χ0) is 19.1. The highest BCUT2D eigenvalue weighted by Gasteiger charge is 2.32. The average Bonchev–Trinajstić information content (AvgIpc) is 2.73. The van der Waals surface area contributed by atoms with Crippen molar-refractivity contribution in [2.24, 2.45) is 5.92 Å². The summed E-state index contributed by atoms with van der Waals surface area (Å²) in [4.78, 5) is 21.6. The van der Waals surface area contributed by atoms with Crippen LogP contribution in [0.4, 0.5) is 0 Å². The number of aliphatic hydroxyl groups excluding tert-OH is 2. The van der Waals surface area contributed by atoms with Gasteiger partial charge in [0, 0.05) is 31.5 Å². The molecule has 2 aliphatic rings. The maximum atomic E-state index is 12.4. The third-order valence-electron chi connectivity index (χ3n) is 5.81. The van der Waals surface area contributed by atoms with Crippen LogP contribution in [0.5, 0.6) is 0 Å². The van der Waals surface area contributed by atoms with Crippen LogP contribution in [-0.2, 0) is 11.3 Å². The number of hydrogen-bond donors (Lipinski definition) is 3. The molecule has 1 atom stereocenters. The number of piperidine rings is 2. The number of amides is 1. The van der Waals surface area contributed by atoms with Crippen LogP contribution in [0.2, 0.25) is 0 Å². The molecule has 27 heavy (non-hydrogen) atoms. The smallest absolute Gasteiger partial charge is 0.224 e. The quantitative estimate of drug-likeness (QED) is 0.631. The van der Waals surface area contributed by atoms with Gasteiger partial charge in [-0.1, -0.05) is 6.07 Å². The van der Waals surface area contributed by atoms with Crippen LogP contribution in [0.1, 0.15) is 31.2 Å². The second kappa shape index (κ2) is 10.1. The minimum atomic E-state index is -0.552. The molecule has 1 aromatic heterocycles. The van der Waals surface area contributed by atoms with Crippen LogP contribution in [0.25, 0.3) is 0 Å². The third kappa shape index (κ3) is 5.72. The molecule has 2 fully saturated rings. The van der Waals surface area contributed by atoms with E-state index in [-0.39, 0.29) is 25.0 Å². The molecule has 0 spiro atoms. The predicted octanol–water partition coefficient (Wildman–Crippen LogP) is 0.227. The molecule has 3 heterocycles. The van der Waals surface area contributed by atoms with E-state index in [4.69, 9.17) is 10.2 Å². The summed E-state index contributed by atoms with van der Waals surface area (Å²) < 4.78 is 0. The summed E-state index contributed by atoms with van der Waals surface area (Å²) in [5.41, 5.74) is 1.26. The molecule has 0 aliphatic carbocycles. The lowest BCUT2D eigenvalue weighted by Crippen LogP contribution is -2.52. The van der Waals surface area contributed by atoms with Crippen LogP contribution in [0.15, 0.2) is 24.5 Å². The maximum Gasteiger partial charge on any atom is 0.224 e. The Labute approximate surface area is 161 Å². The number of pyridine rings is 1. The molecule has 2 aliphatic heterocycles. The lowest BCUT2D eigenvalue weighted by Gasteiger charge is -2.42. The first kappa shape index (κ1) is 20.2. The SMILES string of the molecule is O=C(NC(CO)CO)C1CCCN(C2CCN(Cc3cccnc3)CC2)C1. The van der Waals surface area contributed by atoms with Crippen LogP contribution in [-0.4, -0.2) is 82.4 Å². The monoisotopic (exact) mass is 376 g/mol. The fourth-order valence-corrected chi connectivity index (χ4v) is 4.21. The normalized spacial score (nSPS) is 22.9. The molecule has 3 N–H and O–H groups in total. The van der Waals surface area contributed by atoms with Gasteiger partial charge in [-0.15, -0.1) is 0 Å². The molecule has 150 valence electrons. The van der Waals surface area contributed by atoms with E-state index in [1.807, 2.05) is 18.5 Å². The molecule has 7 nitrogen and oxygen atoms in total. The lowest BCUT2D eigenvalue weighted by molar-refractivity contribution is -0.128. The van der Waals surface area contributed by atoms with E-state index in [1.165, 1.54) is 5.56 Å². The van der Waals surface area contributed by atoms with Gasteiger partial charge in [0.15, 0.2) is 0 Å². The summed E-state index contributed by atoms with van der Waals surface area (Å²) in [6.07, 6.45) is 7.91. The van der Waals surface area contributed by atoms with Gasteiger partial charge < -0.3 is 15.5 Å². The molecule has 0 aromatic carbocycles. The standard InChI is InChI=1S/C20H32N4O3/c25-14-18(15-26)22-20(27)17-4-2-8-24(13-17)19-5-9-23(10-6-19)12-16-3-1-7-21-11-16/h1,3,7,11,17-19,25-26H,2,4-6,8-10,12-15H2,(H,22,27). The van der Waals surface area contributed by atoms with Crippen molar-refractivity contribution < 1.29 is 15.0 Å². The van der Waals surface area contributed by atoms with Crippen molar-refractivity contribution in [1.82, 2.24) is 20.1 Å². The Morgan fingerprint density at radius 3 is 2.67 bits per heavy atom. The Morgan fingerprint density at radius 2 is 2.00 bits per heavy atom. The van der Waals surface area contributed by atoms with Gasteiger partial charge in [-0.3, -0.25) is 19.6 Å². The van der Waals surface area contributed by atoms with E-state index in [2.05, 4.69) is 26.2 Å². The molecule has 1 amide bonds. The van der Waals surface area contributed by atoms with Crippen LogP contribution in [0, 0.1) is 5.92 Å². The number of nitrogens with one attached hydrogen (secondary N) is 1. The molecule has 3 rings (SSSR count). The Kier molecular flexibility index (Phi) is 7.58. The number of carbonyl (C=O) groups is 1. The van der Waals surface area contributed by atoms with Crippen LogP contribution >= 0.6 is 0 Å².